The summed E-state index contributed by atoms with van der Waals surface area (Å²) in [6.07, 6.45) is 0. The first kappa shape index (κ1) is 38.6. The molecule has 0 aromatic heterocycles. The lowest BCUT2D eigenvalue weighted by atomic mass is 10.2. The molecule has 2 aromatic carbocycles. The first-order valence-electron chi connectivity index (χ1n) is 12.1. The number of ether oxygens (including phenoxy) is 2. The number of hydrogen-bond acceptors (Lipinski definition) is 9. The molecule has 0 atom stereocenters. The van der Waals surface area contributed by atoms with Gasteiger partial charge in [0.1, 0.15) is 0 Å². The van der Waals surface area contributed by atoms with Gasteiger partial charge in [-0.3, -0.25) is 4.18 Å². The van der Waals surface area contributed by atoms with E-state index in [1.807, 2.05) is 13.8 Å². The smallest absolute Gasteiger partial charge is 0.297 e. The van der Waals surface area contributed by atoms with Crippen molar-refractivity contribution in [2.75, 3.05) is 60.3 Å². The van der Waals surface area contributed by atoms with Crippen molar-refractivity contribution in [2.45, 2.75) is 44.4 Å². The molecule has 0 amide bonds. The molecule has 1 N–H and O–H groups in total. The molecule has 0 heterocycles. The van der Waals surface area contributed by atoms with Crippen molar-refractivity contribution in [2.24, 2.45) is 0 Å². The lowest BCUT2D eigenvalue weighted by Gasteiger charge is -2.13. The first-order chi connectivity index (χ1) is 17.8. The van der Waals surface area contributed by atoms with Crippen LogP contribution in [0.2, 0.25) is 0 Å². The maximum absolute atomic E-state index is 11.5. The molecule has 9 nitrogen and oxygen atoms in total. The Morgan fingerprint density at radius 2 is 1.11 bits per heavy atom. The van der Waals surface area contributed by atoms with Gasteiger partial charge in [0.05, 0.1) is 36.2 Å². The molecule has 0 bridgehead atoms. The van der Waals surface area contributed by atoms with Crippen molar-refractivity contribution < 1.29 is 35.6 Å². The van der Waals surface area contributed by atoms with Crippen LogP contribution in [0.1, 0.15) is 31.9 Å². The fourth-order valence-corrected chi connectivity index (χ4v) is 4.13. The van der Waals surface area contributed by atoms with Gasteiger partial charge in [-0.15, -0.1) is 0 Å². The summed E-state index contributed by atoms with van der Waals surface area (Å²) in [6.45, 7) is 14.8. The second kappa shape index (κ2) is 22.3. The second-order valence-corrected chi connectivity index (χ2v) is 11.9. The topological polar surface area (TPSA) is 119 Å². The summed E-state index contributed by atoms with van der Waals surface area (Å²) in [5.41, 5.74) is 2.01. The predicted octanol–water partition coefficient (Wildman–Crippen LogP) is 4.24. The van der Waals surface area contributed by atoms with Gasteiger partial charge in [-0.1, -0.05) is 56.2 Å². The fourth-order valence-electron chi connectivity index (χ4n) is 2.46. The molecule has 12 heteroatoms. The zero-order chi connectivity index (χ0) is 29.6. The van der Waals surface area contributed by atoms with Gasteiger partial charge in [-0.25, -0.2) is 8.42 Å². The summed E-state index contributed by atoms with van der Waals surface area (Å²) in [6, 6.07) is 12.9. The van der Waals surface area contributed by atoms with Gasteiger partial charge in [-0.05, 0) is 57.7 Å². The molecular formula is C26H44ClNO8S2. The van der Waals surface area contributed by atoms with Gasteiger partial charge in [0.15, 0.2) is 0 Å². The third-order valence-electron chi connectivity index (χ3n) is 4.78. The van der Waals surface area contributed by atoms with Crippen molar-refractivity contribution in [1.29, 1.82) is 0 Å². The Kier molecular flexibility index (Phi) is 22.6. The Labute approximate surface area is 234 Å². The number of methoxy groups -OCH3 is 2. The maximum atomic E-state index is 11.5. The Balaban J connectivity index is 0. The molecule has 38 heavy (non-hydrogen) atoms. The molecule has 0 fully saturated rings. The minimum atomic E-state index is -3.63. The molecule has 0 radical (unpaired) electrons. The molecule has 220 valence electrons. The fraction of sp³-hybridized carbons (Fsp3) is 0.538. The number of hydrogen-bond donors (Lipinski definition) is 1. The van der Waals surface area contributed by atoms with Crippen LogP contribution >= 0.6 is 10.7 Å². The van der Waals surface area contributed by atoms with Crippen LogP contribution in [0.4, 0.5) is 0 Å². The zero-order valence-electron chi connectivity index (χ0n) is 23.5. The van der Waals surface area contributed by atoms with Gasteiger partial charge in [0.2, 0.25) is 0 Å². The normalized spacial score (nSPS) is 10.9. The lowest BCUT2D eigenvalue weighted by Crippen LogP contribution is -2.21. The van der Waals surface area contributed by atoms with Crippen LogP contribution in [0.15, 0.2) is 58.3 Å². The van der Waals surface area contributed by atoms with E-state index in [1.165, 1.54) is 51.0 Å². The quantitative estimate of drug-likeness (QED) is 0.230. The number of nitrogens with zero attached hydrogens (tertiary/aromatic N) is 1. The van der Waals surface area contributed by atoms with E-state index in [1.54, 1.807) is 31.4 Å². The van der Waals surface area contributed by atoms with Crippen LogP contribution < -0.4 is 0 Å². The molecule has 2 rings (SSSR count). The average Bonchev–Trinajstić information content (AvgIpc) is 2.87. The molecule has 0 saturated carbocycles. The summed E-state index contributed by atoms with van der Waals surface area (Å²) in [5, 5.41) is 7.94. The van der Waals surface area contributed by atoms with Gasteiger partial charge >= 0.3 is 0 Å². The van der Waals surface area contributed by atoms with E-state index in [0.717, 1.165) is 11.1 Å². The van der Waals surface area contributed by atoms with Crippen molar-refractivity contribution in [3.05, 3.63) is 59.7 Å². The summed E-state index contributed by atoms with van der Waals surface area (Å²) < 4.78 is 58.4. The summed E-state index contributed by atoms with van der Waals surface area (Å²) in [7, 11) is 0.946. The molecule has 0 saturated heterocycles. The minimum absolute atomic E-state index is 0.0344. The van der Waals surface area contributed by atoms with E-state index in [4.69, 9.17) is 24.7 Å². The molecule has 0 unspecified atom stereocenters. The second-order valence-electron chi connectivity index (χ2n) is 7.67. The predicted molar refractivity (Wildman–Crippen MR) is 153 cm³/mol. The summed E-state index contributed by atoms with van der Waals surface area (Å²) >= 11 is 0. The van der Waals surface area contributed by atoms with Gasteiger partial charge in [0, 0.05) is 24.9 Å². The molecule has 0 aliphatic rings. The number of rotatable bonds is 11. The number of aliphatic hydroxyl groups is 1. The van der Waals surface area contributed by atoms with Crippen LogP contribution in [-0.2, 0) is 32.8 Å². The number of benzene rings is 2. The summed E-state index contributed by atoms with van der Waals surface area (Å²) in [4.78, 5) is 2.69. The molecule has 2 aromatic rings. The van der Waals surface area contributed by atoms with Crippen LogP contribution in [-0.4, -0.2) is 87.1 Å². The zero-order valence-corrected chi connectivity index (χ0v) is 25.9. The molecule has 0 spiro atoms. The van der Waals surface area contributed by atoms with E-state index in [0.29, 0.717) is 6.61 Å². The average molecular weight is 598 g/mol. The Hall–Kier alpha value is -1.57. The first-order valence-corrected chi connectivity index (χ1v) is 15.8. The highest BCUT2D eigenvalue weighted by molar-refractivity contribution is 8.13. The minimum Gasteiger partial charge on any atom is -0.394 e. The molecule has 0 aliphatic heterocycles. The molecular weight excluding hydrogens is 554 g/mol. The van der Waals surface area contributed by atoms with Gasteiger partial charge < -0.3 is 19.5 Å². The third kappa shape index (κ3) is 19.5. The monoisotopic (exact) mass is 597 g/mol. The highest BCUT2D eigenvalue weighted by Crippen LogP contribution is 2.14. The highest BCUT2D eigenvalue weighted by Gasteiger charge is 2.14. The standard InChI is InChI=1S/C10H14O4S.C7H7ClO2S.C6H15N.C3H8O2/c1-9-3-5-10(6-4-9)15(11,12)14-8-7-13-2;1-6-2-4-7(5-3-6)11(8,9)10;1-4-7(5-2)6-3;1-5-3-2-4/h3-6H,7-8H2,1-2H3;2-5H,1H3;4-6H2,1-3H3;4H,2-3H2,1H3. The van der Waals surface area contributed by atoms with Crippen molar-refractivity contribution in [3.8, 4) is 0 Å². The van der Waals surface area contributed by atoms with Crippen LogP contribution in [0.5, 0.6) is 0 Å². The van der Waals surface area contributed by atoms with Gasteiger partial charge in [0.25, 0.3) is 19.2 Å². The third-order valence-corrected chi connectivity index (χ3v) is 7.47. The Morgan fingerprint density at radius 3 is 1.37 bits per heavy atom. The van der Waals surface area contributed by atoms with Crippen molar-refractivity contribution in [3.63, 3.8) is 0 Å². The van der Waals surface area contributed by atoms with Crippen LogP contribution in [0.25, 0.3) is 0 Å². The summed E-state index contributed by atoms with van der Waals surface area (Å²) in [5.74, 6) is 0. The highest BCUT2D eigenvalue weighted by atomic mass is 35.7. The lowest BCUT2D eigenvalue weighted by molar-refractivity contribution is 0.135. The largest absolute Gasteiger partial charge is 0.394 e. The van der Waals surface area contributed by atoms with Crippen molar-refractivity contribution >= 4 is 29.9 Å². The van der Waals surface area contributed by atoms with Crippen molar-refractivity contribution in [1.82, 2.24) is 4.90 Å². The number of aliphatic hydroxyl groups excluding tert-OH is 1. The van der Waals surface area contributed by atoms with E-state index in [-0.39, 0.29) is 29.6 Å². The number of halogens is 1. The van der Waals surface area contributed by atoms with Crippen LogP contribution in [0, 0.1) is 13.8 Å². The van der Waals surface area contributed by atoms with Gasteiger partial charge in [-0.2, -0.15) is 8.42 Å². The van der Waals surface area contributed by atoms with E-state index >= 15 is 0 Å². The Morgan fingerprint density at radius 1 is 0.711 bits per heavy atom. The maximum Gasteiger partial charge on any atom is 0.297 e. The van der Waals surface area contributed by atoms with E-state index < -0.39 is 19.2 Å². The van der Waals surface area contributed by atoms with E-state index in [9.17, 15) is 16.8 Å². The SMILES string of the molecule is CCN(CC)CC.COCCO.COCCOS(=O)(=O)c1ccc(C)cc1.Cc1ccc(S(=O)(=O)Cl)cc1. The Bertz CT molecular complexity index is 1030. The van der Waals surface area contributed by atoms with Crippen LogP contribution in [0.3, 0.4) is 0 Å². The molecule has 0 aliphatic carbocycles. The van der Waals surface area contributed by atoms with E-state index in [2.05, 4.69) is 30.4 Å². The number of aryl methyl sites for hydroxylation is 2.